The molecule has 1 heterocycles. The minimum Gasteiger partial charge on any atom is -0.496 e. The van der Waals surface area contributed by atoms with Gasteiger partial charge in [0.25, 0.3) is 11.5 Å². The maximum absolute atomic E-state index is 13.6. The van der Waals surface area contributed by atoms with E-state index in [9.17, 15) is 14.7 Å². The lowest BCUT2D eigenvalue weighted by Gasteiger charge is -2.23. The summed E-state index contributed by atoms with van der Waals surface area (Å²) >= 11 is 0. The van der Waals surface area contributed by atoms with Crippen LogP contribution in [-0.2, 0) is 17.9 Å². The fraction of sp³-hybridized carbons (Fsp3) is 0.393. The van der Waals surface area contributed by atoms with Gasteiger partial charge in [-0.1, -0.05) is 42.5 Å². The summed E-state index contributed by atoms with van der Waals surface area (Å²) in [5, 5.41) is 15.1. The first-order valence-electron chi connectivity index (χ1n) is 12.2. The molecule has 0 saturated carbocycles. The van der Waals surface area contributed by atoms with Crippen molar-refractivity contribution < 1.29 is 19.4 Å². The minimum absolute atomic E-state index is 0.0226. The molecule has 36 heavy (non-hydrogen) atoms. The lowest BCUT2D eigenvalue weighted by Crippen LogP contribution is -2.38. The van der Waals surface area contributed by atoms with E-state index in [1.807, 2.05) is 63.2 Å². The number of aliphatic hydroxyl groups is 1. The standard InChI is InChI=1S/C28H35N3O5/c1-6-30(7-2)28(34)26-25(24-19(3)12-11-15-23(24)35-5)20(4)27(33)31(29-26)16-22(32)18-36-17-21-13-9-8-10-14-21/h8-15,22,32H,6-7,16-18H2,1-5H3. The van der Waals surface area contributed by atoms with Crippen LogP contribution in [0.4, 0.5) is 0 Å². The SMILES string of the molecule is CCN(CC)C(=O)c1nn(CC(O)COCc2ccccc2)c(=O)c(C)c1-c1c(C)cccc1OC. The molecule has 0 aliphatic heterocycles. The number of nitrogens with zero attached hydrogens (tertiary/aromatic N) is 3. The molecular weight excluding hydrogens is 458 g/mol. The molecule has 1 N–H and O–H groups in total. The third-order valence-electron chi connectivity index (χ3n) is 6.15. The van der Waals surface area contributed by atoms with Crippen molar-refractivity contribution in [3.63, 3.8) is 0 Å². The number of aryl methyl sites for hydroxylation is 1. The molecular formula is C28H35N3O5. The number of carbonyl (C=O) groups excluding carboxylic acids is 1. The first-order chi connectivity index (χ1) is 17.3. The summed E-state index contributed by atoms with van der Waals surface area (Å²) in [5.74, 6) is 0.270. The molecule has 0 saturated heterocycles. The largest absolute Gasteiger partial charge is 0.496 e. The number of hydrogen-bond donors (Lipinski definition) is 1. The summed E-state index contributed by atoms with van der Waals surface area (Å²) in [6.07, 6.45) is -0.978. The summed E-state index contributed by atoms with van der Waals surface area (Å²) in [6, 6.07) is 15.2. The maximum atomic E-state index is 13.6. The van der Waals surface area contributed by atoms with Gasteiger partial charge in [-0.25, -0.2) is 4.68 Å². The number of aliphatic hydroxyl groups excluding tert-OH is 1. The highest BCUT2D eigenvalue weighted by Crippen LogP contribution is 2.36. The van der Waals surface area contributed by atoms with Gasteiger partial charge in [-0.05, 0) is 44.9 Å². The fourth-order valence-corrected chi connectivity index (χ4v) is 4.20. The molecule has 0 fully saturated rings. The number of amides is 1. The second-order valence-corrected chi connectivity index (χ2v) is 8.62. The minimum atomic E-state index is -0.978. The molecule has 1 aromatic heterocycles. The molecule has 3 rings (SSSR count). The summed E-state index contributed by atoms with van der Waals surface area (Å²) in [4.78, 5) is 28.6. The van der Waals surface area contributed by atoms with Crippen molar-refractivity contribution >= 4 is 5.91 Å². The molecule has 8 nitrogen and oxygen atoms in total. The average molecular weight is 494 g/mol. The zero-order chi connectivity index (χ0) is 26.2. The monoisotopic (exact) mass is 493 g/mol. The van der Waals surface area contributed by atoms with Crippen LogP contribution in [-0.4, -0.2) is 58.6 Å². The van der Waals surface area contributed by atoms with E-state index in [1.54, 1.807) is 25.0 Å². The van der Waals surface area contributed by atoms with E-state index in [0.29, 0.717) is 42.1 Å². The predicted octanol–water partition coefficient (Wildman–Crippen LogP) is 3.60. The van der Waals surface area contributed by atoms with Crippen molar-refractivity contribution in [2.24, 2.45) is 0 Å². The third kappa shape index (κ3) is 6.01. The Kier molecular flexibility index (Phi) is 9.38. The van der Waals surface area contributed by atoms with E-state index in [-0.39, 0.29) is 30.3 Å². The van der Waals surface area contributed by atoms with Crippen molar-refractivity contribution in [3.05, 3.63) is 81.3 Å². The molecule has 0 bridgehead atoms. The van der Waals surface area contributed by atoms with Crippen molar-refractivity contribution in [3.8, 4) is 16.9 Å². The number of benzene rings is 2. The number of ether oxygens (including phenoxy) is 2. The molecule has 1 amide bonds. The van der Waals surface area contributed by atoms with Gasteiger partial charge in [0.1, 0.15) is 5.75 Å². The van der Waals surface area contributed by atoms with Gasteiger partial charge >= 0.3 is 0 Å². The Morgan fingerprint density at radius 1 is 1.06 bits per heavy atom. The molecule has 0 aliphatic carbocycles. The van der Waals surface area contributed by atoms with Crippen LogP contribution in [0.25, 0.3) is 11.1 Å². The van der Waals surface area contributed by atoms with Crippen molar-refractivity contribution in [1.82, 2.24) is 14.7 Å². The van der Waals surface area contributed by atoms with Gasteiger partial charge in [0.15, 0.2) is 5.69 Å². The second-order valence-electron chi connectivity index (χ2n) is 8.62. The zero-order valence-electron chi connectivity index (χ0n) is 21.7. The van der Waals surface area contributed by atoms with Crippen LogP contribution >= 0.6 is 0 Å². The number of carbonyl (C=O) groups is 1. The third-order valence-corrected chi connectivity index (χ3v) is 6.15. The van der Waals surface area contributed by atoms with E-state index in [0.717, 1.165) is 15.8 Å². The van der Waals surface area contributed by atoms with E-state index >= 15 is 0 Å². The van der Waals surface area contributed by atoms with E-state index < -0.39 is 6.10 Å². The molecule has 192 valence electrons. The Balaban J connectivity index is 2.00. The van der Waals surface area contributed by atoms with E-state index in [1.165, 1.54) is 0 Å². The van der Waals surface area contributed by atoms with Gasteiger partial charge in [0, 0.05) is 29.8 Å². The quantitative estimate of drug-likeness (QED) is 0.439. The molecule has 2 aromatic carbocycles. The highest BCUT2D eigenvalue weighted by atomic mass is 16.5. The van der Waals surface area contributed by atoms with Gasteiger partial charge in [0.2, 0.25) is 0 Å². The first-order valence-corrected chi connectivity index (χ1v) is 12.2. The smallest absolute Gasteiger partial charge is 0.274 e. The molecule has 3 aromatic rings. The van der Waals surface area contributed by atoms with Crippen molar-refractivity contribution in [2.75, 3.05) is 26.8 Å². The Labute approximate surface area is 212 Å². The van der Waals surface area contributed by atoms with Gasteiger partial charge in [-0.3, -0.25) is 9.59 Å². The summed E-state index contributed by atoms with van der Waals surface area (Å²) in [7, 11) is 1.56. The molecule has 0 spiro atoms. The number of hydrogen-bond acceptors (Lipinski definition) is 6. The van der Waals surface area contributed by atoms with Crippen LogP contribution in [0.2, 0.25) is 0 Å². The topological polar surface area (TPSA) is 93.9 Å². The molecule has 8 heteroatoms. The summed E-state index contributed by atoms with van der Waals surface area (Å²) in [5.41, 5.74) is 3.10. The number of rotatable bonds is 11. The number of methoxy groups -OCH3 is 1. The van der Waals surface area contributed by atoms with Crippen LogP contribution in [0, 0.1) is 13.8 Å². The van der Waals surface area contributed by atoms with E-state index in [4.69, 9.17) is 9.47 Å². The highest BCUT2D eigenvalue weighted by molar-refractivity contribution is 6.00. The van der Waals surface area contributed by atoms with Crippen molar-refractivity contribution in [1.29, 1.82) is 0 Å². The maximum Gasteiger partial charge on any atom is 0.274 e. The molecule has 0 aliphatic rings. The zero-order valence-corrected chi connectivity index (χ0v) is 21.7. The normalized spacial score (nSPS) is 11.8. The van der Waals surface area contributed by atoms with Crippen LogP contribution in [0.15, 0.2) is 53.3 Å². The Morgan fingerprint density at radius 3 is 2.39 bits per heavy atom. The Morgan fingerprint density at radius 2 is 1.75 bits per heavy atom. The first kappa shape index (κ1) is 27.1. The van der Waals surface area contributed by atoms with E-state index in [2.05, 4.69) is 5.10 Å². The summed E-state index contributed by atoms with van der Waals surface area (Å²) in [6.45, 7) is 8.63. The lowest BCUT2D eigenvalue weighted by atomic mass is 9.94. The fourth-order valence-electron chi connectivity index (χ4n) is 4.20. The van der Waals surface area contributed by atoms with Crippen LogP contribution in [0.1, 0.15) is 41.0 Å². The lowest BCUT2D eigenvalue weighted by molar-refractivity contribution is 0.0178. The van der Waals surface area contributed by atoms with Gasteiger partial charge in [-0.2, -0.15) is 5.10 Å². The molecule has 1 atom stereocenters. The van der Waals surface area contributed by atoms with Gasteiger partial charge in [0.05, 0.1) is 33.0 Å². The van der Waals surface area contributed by atoms with Crippen LogP contribution in [0.5, 0.6) is 5.75 Å². The Bertz CT molecular complexity index is 1240. The van der Waals surface area contributed by atoms with Crippen molar-refractivity contribution in [2.45, 2.75) is 47.0 Å². The molecule has 0 radical (unpaired) electrons. The number of aromatic nitrogens is 2. The average Bonchev–Trinajstić information content (AvgIpc) is 2.88. The second kappa shape index (κ2) is 12.5. The Hall–Kier alpha value is -3.49. The summed E-state index contributed by atoms with van der Waals surface area (Å²) < 4.78 is 12.4. The highest BCUT2D eigenvalue weighted by Gasteiger charge is 2.27. The van der Waals surface area contributed by atoms with Gasteiger partial charge < -0.3 is 19.5 Å². The van der Waals surface area contributed by atoms with Crippen LogP contribution in [0.3, 0.4) is 0 Å². The van der Waals surface area contributed by atoms with Gasteiger partial charge in [-0.15, -0.1) is 0 Å². The molecule has 1 unspecified atom stereocenters. The predicted molar refractivity (Wildman–Crippen MR) is 139 cm³/mol. The van der Waals surface area contributed by atoms with Crippen LogP contribution < -0.4 is 10.3 Å².